The van der Waals surface area contributed by atoms with Gasteiger partial charge in [0, 0.05) is 26.1 Å². The SMILES string of the molecule is CCC(C)CC(=O)N(CC(C)COC)C(C)C. The Morgan fingerprint density at radius 2 is 1.76 bits per heavy atom. The zero-order chi connectivity index (χ0) is 13.4. The molecular formula is C14H29NO2. The van der Waals surface area contributed by atoms with Gasteiger partial charge in [0.15, 0.2) is 0 Å². The lowest BCUT2D eigenvalue weighted by Crippen LogP contribution is -2.41. The van der Waals surface area contributed by atoms with E-state index in [4.69, 9.17) is 4.74 Å². The Balaban J connectivity index is 4.36. The van der Waals surface area contributed by atoms with Gasteiger partial charge < -0.3 is 9.64 Å². The van der Waals surface area contributed by atoms with Crippen LogP contribution in [0.5, 0.6) is 0 Å². The number of hydrogen-bond acceptors (Lipinski definition) is 2. The van der Waals surface area contributed by atoms with E-state index in [1.807, 2.05) is 4.90 Å². The van der Waals surface area contributed by atoms with E-state index in [9.17, 15) is 4.79 Å². The Bertz CT molecular complexity index is 216. The molecule has 0 radical (unpaired) electrons. The van der Waals surface area contributed by atoms with Crippen LogP contribution < -0.4 is 0 Å². The number of rotatable bonds is 8. The smallest absolute Gasteiger partial charge is 0.223 e. The summed E-state index contributed by atoms with van der Waals surface area (Å²) in [7, 11) is 1.71. The lowest BCUT2D eigenvalue weighted by Gasteiger charge is -2.30. The van der Waals surface area contributed by atoms with Crippen molar-refractivity contribution in [1.82, 2.24) is 4.90 Å². The molecule has 3 nitrogen and oxygen atoms in total. The summed E-state index contributed by atoms with van der Waals surface area (Å²) >= 11 is 0. The molecule has 102 valence electrons. The van der Waals surface area contributed by atoms with Crippen LogP contribution >= 0.6 is 0 Å². The van der Waals surface area contributed by atoms with Crippen LogP contribution in [0.25, 0.3) is 0 Å². The Morgan fingerprint density at radius 1 is 1.18 bits per heavy atom. The minimum Gasteiger partial charge on any atom is -0.384 e. The fourth-order valence-corrected chi connectivity index (χ4v) is 1.83. The van der Waals surface area contributed by atoms with Gasteiger partial charge in [-0.15, -0.1) is 0 Å². The fraction of sp³-hybridized carbons (Fsp3) is 0.929. The summed E-state index contributed by atoms with van der Waals surface area (Å²) in [4.78, 5) is 14.2. The Morgan fingerprint density at radius 3 is 2.18 bits per heavy atom. The second kappa shape index (κ2) is 8.51. The summed E-state index contributed by atoms with van der Waals surface area (Å²) in [5, 5.41) is 0. The molecule has 0 rings (SSSR count). The molecule has 0 aliphatic heterocycles. The van der Waals surface area contributed by atoms with E-state index < -0.39 is 0 Å². The largest absolute Gasteiger partial charge is 0.384 e. The molecule has 3 heteroatoms. The molecule has 0 saturated heterocycles. The van der Waals surface area contributed by atoms with Gasteiger partial charge in [-0.2, -0.15) is 0 Å². The molecule has 0 N–H and O–H groups in total. The van der Waals surface area contributed by atoms with Crippen molar-refractivity contribution < 1.29 is 9.53 Å². The van der Waals surface area contributed by atoms with Gasteiger partial charge in [0.1, 0.15) is 0 Å². The van der Waals surface area contributed by atoms with Gasteiger partial charge in [0.05, 0.1) is 6.61 Å². The van der Waals surface area contributed by atoms with Crippen LogP contribution in [0, 0.1) is 11.8 Å². The van der Waals surface area contributed by atoms with Gasteiger partial charge in [-0.1, -0.05) is 27.2 Å². The van der Waals surface area contributed by atoms with Crippen LogP contribution in [0.15, 0.2) is 0 Å². The van der Waals surface area contributed by atoms with E-state index >= 15 is 0 Å². The topological polar surface area (TPSA) is 29.5 Å². The molecule has 0 aliphatic carbocycles. The molecule has 0 bridgehead atoms. The van der Waals surface area contributed by atoms with Crippen LogP contribution in [0.4, 0.5) is 0 Å². The van der Waals surface area contributed by atoms with Gasteiger partial charge in [-0.05, 0) is 25.7 Å². The van der Waals surface area contributed by atoms with Crippen molar-refractivity contribution in [3.05, 3.63) is 0 Å². The first kappa shape index (κ1) is 16.4. The van der Waals surface area contributed by atoms with Gasteiger partial charge in [0.25, 0.3) is 0 Å². The maximum atomic E-state index is 12.2. The van der Waals surface area contributed by atoms with Crippen molar-refractivity contribution in [2.45, 2.75) is 53.5 Å². The monoisotopic (exact) mass is 243 g/mol. The number of carbonyl (C=O) groups is 1. The normalized spacial score (nSPS) is 14.8. The summed E-state index contributed by atoms with van der Waals surface area (Å²) < 4.78 is 5.13. The average Bonchev–Trinajstić information content (AvgIpc) is 2.25. The van der Waals surface area contributed by atoms with Crippen LogP contribution in [-0.2, 0) is 9.53 Å². The summed E-state index contributed by atoms with van der Waals surface area (Å²) in [6, 6.07) is 0.269. The number of carbonyl (C=O) groups excluding carboxylic acids is 1. The van der Waals surface area contributed by atoms with Crippen molar-refractivity contribution in [2.75, 3.05) is 20.3 Å². The molecule has 0 aromatic rings. The van der Waals surface area contributed by atoms with E-state index in [1.165, 1.54) is 0 Å². The Labute approximate surface area is 107 Å². The number of nitrogens with zero attached hydrogens (tertiary/aromatic N) is 1. The van der Waals surface area contributed by atoms with Crippen LogP contribution in [0.3, 0.4) is 0 Å². The molecule has 0 aromatic carbocycles. The molecular weight excluding hydrogens is 214 g/mol. The van der Waals surface area contributed by atoms with Crippen molar-refractivity contribution in [1.29, 1.82) is 0 Å². The fourth-order valence-electron chi connectivity index (χ4n) is 1.83. The Hall–Kier alpha value is -0.570. The number of hydrogen-bond donors (Lipinski definition) is 0. The molecule has 0 saturated carbocycles. The van der Waals surface area contributed by atoms with Crippen LogP contribution in [0.1, 0.15) is 47.5 Å². The highest BCUT2D eigenvalue weighted by Crippen LogP contribution is 2.13. The lowest BCUT2D eigenvalue weighted by atomic mass is 10.0. The predicted octanol–water partition coefficient (Wildman–Crippen LogP) is 2.94. The predicted molar refractivity (Wildman–Crippen MR) is 72.0 cm³/mol. The minimum atomic E-state index is 0.269. The van der Waals surface area contributed by atoms with E-state index in [0.717, 1.165) is 13.0 Å². The summed E-state index contributed by atoms with van der Waals surface area (Å²) in [6.45, 7) is 12.0. The van der Waals surface area contributed by atoms with Gasteiger partial charge >= 0.3 is 0 Å². The second-order valence-corrected chi connectivity index (χ2v) is 5.42. The zero-order valence-corrected chi connectivity index (χ0v) is 12.3. The lowest BCUT2D eigenvalue weighted by molar-refractivity contribution is -0.134. The van der Waals surface area contributed by atoms with Gasteiger partial charge in [-0.25, -0.2) is 0 Å². The third kappa shape index (κ3) is 6.67. The molecule has 0 aliphatic rings. The summed E-state index contributed by atoms with van der Waals surface area (Å²) in [5.41, 5.74) is 0. The quantitative estimate of drug-likeness (QED) is 0.656. The standard InChI is InChI=1S/C14H29NO2/c1-7-12(4)8-14(16)15(11(2)3)9-13(5)10-17-6/h11-13H,7-10H2,1-6H3. The molecule has 2 atom stereocenters. The van der Waals surface area contributed by atoms with Crippen LogP contribution in [-0.4, -0.2) is 37.1 Å². The molecule has 17 heavy (non-hydrogen) atoms. The van der Waals surface area contributed by atoms with Gasteiger partial charge in [0.2, 0.25) is 5.91 Å². The van der Waals surface area contributed by atoms with E-state index in [1.54, 1.807) is 7.11 Å². The number of amides is 1. The van der Waals surface area contributed by atoms with Crippen molar-refractivity contribution in [2.24, 2.45) is 11.8 Å². The third-order valence-corrected chi connectivity index (χ3v) is 3.12. The second-order valence-electron chi connectivity index (χ2n) is 5.42. The van der Waals surface area contributed by atoms with Crippen LogP contribution in [0.2, 0.25) is 0 Å². The third-order valence-electron chi connectivity index (χ3n) is 3.12. The van der Waals surface area contributed by atoms with E-state index in [2.05, 4.69) is 34.6 Å². The first-order valence-electron chi connectivity index (χ1n) is 6.70. The molecule has 0 aromatic heterocycles. The van der Waals surface area contributed by atoms with E-state index in [-0.39, 0.29) is 11.9 Å². The number of ether oxygens (including phenoxy) is 1. The molecule has 0 heterocycles. The first-order chi connectivity index (χ1) is 7.92. The molecule has 1 amide bonds. The highest BCUT2D eigenvalue weighted by atomic mass is 16.5. The van der Waals surface area contributed by atoms with E-state index in [0.29, 0.717) is 24.9 Å². The maximum Gasteiger partial charge on any atom is 0.223 e. The maximum absolute atomic E-state index is 12.2. The molecule has 0 fully saturated rings. The molecule has 2 unspecified atom stereocenters. The highest BCUT2D eigenvalue weighted by molar-refractivity contribution is 5.76. The van der Waals surface area contributed by atoms with Crippen molar-refractivity contribution >= 4 is 5.91 Å². The van der Waals surface area contributed by atoms with Crippen molar-refractivity contribution in [3.8, 4) is 0 Å². The highest BCUT2D eigenvalue weighted by Gasteiger charge is 2.20. The zero-order valence-electron chi connectivity index (χ0n) is 12.3. The molecule has 0 spiro atoms. The minimum absolute atomic E-state index is 0.269. The summed E-state index contributed by atoms with van der Waals surface area (Å²) in [5.74, 6) is 1.14. The Kier molecular flexibility index (Phi) is 8.23. The van der Waals surface area contributed by atoms with Gasteiger partial charge in [-0.3, -0.25) is 4.79 Å². The summed E-state index contributed by atoms with van der Waals surface area (Å²) in [6.07, 6.45) is 1.72. The number of methoxy groups -OCH3 is 1. The average molecular weight is 243 g/mol. The van der Waals surface area contributed by atoms with Crippen molar-refractivity contribution in [3.63, 3.8) is 0 Å². The first-order valence-corrected chi connectivity index (χ1v) is 6.70.